The number of ether oxygens (including phenoxy) is 1. The van der Waals surface area contributed by atoms with E-state index >= 15 is 0 Å². The Hall–Kier alpha value is -3.07. The molecular weight excluding hydrogens is 618 g/mol. The Balaban J connectivity index is 1.34. The fraction of sp³-hybridized carbons (Fsp3) is 0.667. The molecule has 4 rings (SSSR count). The fourth-order valence-corrected chi connectivity index (χ4v) is 6.67. The number of hydrogen-bond acceptors (Lipinski definition) is 8. The molecule has 44 heavy (non-hydrogen) atoms. The molecule has 3 fully saturated rings. The number of nitriles is 1. The number of aromatic nitrogens is 1. The molecule has 1 N–H and O–H groups in total. The zero-order valence-electron chi connectivity index (χ0n) is 24.0. The Morgan fingerprint density at radius 2 is 1.84 bits per heavy atom. The first-order valence-electron chi connectivity index (χ1n) is 14.0. The molecular formula is C27H32F6N6O4S. The Labute approximate surface area is 255 Å². The van der Waals surface area contributed by atoms with Gasteiger partial charge in [-0.1, -0.05) is 0 Å². The summed E-state index contributed by atoms with van der Waals surface area (Å²) in [5, 5.41) is 18.0. The number of piperazine rings is 1. The van der Waals surface area contributed by atoms with Gasteiger partial charge in [-0.3, -0.25) is 24.3 Å². The molecule has 1 aromatic rings. The molecule has 1 aromatic heterocycles. The van der Waals surface area contributed by atoms with Gasteiger partial charge in [-0.15, -0.1) is 0 Å². The van der Waals surface area contributed by atoms with Crippen LogP contribution >= 0.6 is 12.2 Å². The van der Waals surface area contributed by atoms with Gasteiger partial charge in [-0.25, -0.2) is 4.98 Å². The van der Waals surface area contributed by atoms with E-state index in [-0.39, 0.29) is 55.7 Å². The molecule has 17 heteroatoms. The van der Waals surface area contributed by atoms with Crippen LogP contribution in [0.5, 0.6) is 0 Å². The lowest BCUT2D eigenvalue weighted by atomic mass is 9.89. The van der Waals surface area contributed by atoms with E-state index in [1.165, 1.54) is 6.07 Å². The monoisotopic (exact) mass is 650 g/mol. The first-order valence-corrected chi connectivity index (χ1v) is 14.4. The molecule has 3 heterocycles. The van der Waals surface area contributed by atoms with Crippen LogP contribution in [-0.2, 0) is 20.5 Å². The van der Waals surface area contributed by atoms with Gasteiger partial charge in [0.15, 0.2) is 10.8 Å². The largest absolute Gasteiger partial charge is 0.480 e. The number of carboxylic acid groups (broad SMARTS) is 1. The number of rotatable bonds is 8. The number of thiocarbonyl (C=S) groups is 1. The van der Waals surface area contributed by atoms with Crippen LogP contribution in [0, 0.1) is 11.3 Å². The number of anilines is 1. The summed E-state index contributed by atoms with van der Waals surface area (Å²) in [6, 6.07) is 0.0201. The predicted molar refractivity (Wildman–Crippen MR) is 147 cm³/mol. The average Bonchev–Trinajstić information content (AvgIpc) is 3.11. The van der Waals surface area contributed by atoms with Gasteiger partial charge in [-0.2, -0.15) is 31.6 Å². The maximum atomic E-state index is 13.5. The number of carboxylic acids is 1. The minimum Gasteiger partial charge on any atom is -0.480 e. The first-order chi connectivity index (χ1) is 20.4. The smallest absolute Gasteiger partial charge is 0.419 e. The van der Waals surface area contributed by atoms with Crippen LogP contribution in [-0.4, -0.2) is 111 Å². The molecule has 0 aromatic carbocycles. The zero-order valence-corrected chi connectivity index (χ0v) is 24.8. The van der Waals surface area contributed by atoms with Crippen molar-refractivity contribution in [3.63, 3.8) is 0 Å². The van der Waals surface area contributed by atoms with Crippen LogP contribution in [0.25, 0.3) is 0 Å². The molecule has 10 nitrogen and oxygen atoms in total. The summed E-state index contributed by atoms with van der Waals surface area (Å²) < 4.78 is 87.2. The van der Waals surface area contributed by atoms with E-state index in [0.717, 1.165) is 16.0 Å². The third-order valence-corrected chi connectivity index (χ3v) is 8.71. The standard InChI is InChI=1S/C27H32F6N6O4S/c1-25(2)23(42)38(17-11-19(26(28,29)30)20(12-34)35-13-17)24(44)39(25)16-3-5-18(6-4-16)43-10-9-36-7-8-37(15-22(40)41)21(14-36)27(31,32)33/h11,13,16,18,21H,3-10,14-15H2,1-2H3,(H,40,41). The van der Waals surface area contributed by atoms with E-state index in [1.54, 1.807) is 23.6 Å². The molecule has 0 radical (unpaired) electrons. The first kappa shape index (κ1) is 33.8. The lowest BCUT2D eigenvalue weighted by Gasteiger charge is -2.42. The molecule has 0 bridgehead atoms. The Kier molecular flexibility index (Phi) is 9.79. The number of alkyl halides is 6. The van der Waals surface area contributed by atoms with Gasteiger partial charge in [0.05, 0.1) is 36.7 Å². The summed E-state index contributed by atoms with van der Waals surface area (Å²) in [4.78, 5) is 33.3. The maximum absolute atomic E-state index is 13.5. The zero-order chi connectivity index (χ0) is 32.6. The molecule has 3 aliphatic rings. The van der Waals surface area contributed by atoms with Crippen molar-refractivity contribution in [3.8, 4) is 6.07 Å². The van der Waals surface area contributed by atoms with Gasteiger partial charge < -0.3 is 14.7 Å². The number of amides is 1. The third kappa shape index (κ3) is 7.08. The van der Waals surface area contributed by atoms with Crippen LogP contribution < -0.4 is 4.90 Å². The van der Waals surface area contributed by atoms with Crippen molar-refractivity contribution in [1.29, 1.82) is 5.26 Å². The second kappa shape index (κ2) is 12.7. The van der Waals surface area contributed by atoms with E-state index in [0.29, 0.717) is 31.7 Å². The van der Waals surface area contributed by atoms with Crippen molar-refractivity contribution in [3.05, 3.63) is 23.5 Å². The maximum Gasteiger partial charge on any atom is 0.419 e. The number of aliphatic carboxylic acids is 1. The number of carbonyl (C=O) groups is 2. The highest BCUT2D eigenvalue weighted by molar-refractivity contribution is 7.80. The van der Waals surface area contributed by atoms with E-state index in [4.69, 9.17) is 27.3 Å². The number of halogens is 6. The molecule has 1 unspecified atom stereocenters. The molecule has 2 saturated heterocycles. The second-order valence-corrected chi connectivity index (χ2v) is 11.9. The van der Waals surface area contributed by atoms with Gasteiger partial charge in [0, 0.05) is 32.2 Å². The van der Waals surface area contributed by atoms with E-state index in [2.05, 4.69) is 4.98 Å². The third-order valence-electron chi connectivity index (χ3n) is 8.33. The second-order valence-electron chi connectivity index (χ2n) is 11.6. The summed E-state index contributed by atoms with van der Waals surface area (Å²) in [6.45, 7) is 2.92. The van der Waals surface area contributed by atoms with E-state index < -0.39 is 53.6 Å². The van der Waals surface area contributed by atoms with Crippen molar-refractivity contribution in [2.75, 3.05) is 44.2 Å². The average molecular weight is 651 g/mol. The van der Waals surface area contributed by atoms with Crippen molar-refractivity contribution in [1.82, 2.24) is 19.7 Å². The number of pyridine rings is 1. The number of nitrogens with zero attached hydrogens (tertiary/aromatic N) is 6. The molecule has 0 spiro atoms. The molecule has 1 amide bonds. The molecule has 1 aliphatic carbocycles. The SMILES string of the molecule is CC1(C)C(=O)N(c2cnc(C#N)c(C(F)(F)F)c2)C(=S)N1C1CCC(OCCN2CCN(CC(=O)O)C(C(F)(F)F)C2)CC1. The van der Waals surface area contributed by atoms with Gasteiger partial charge in [0.25, 0.3) is 5.91 Å². The van der Waals surface area contributed by atoms with Crippen LogP contribution in [0.15, 0.2) is 12.3 Å². The summed E-state index contributed by atoms with van der Waals surface area (Å²) in [5.41, 5.74) is -3.43. The minimum absolute atomic E-state index is 0.0289. The highest BCUT2D eigenvalue weighted by atomic mass is 32.1. The Morgan fingerprint density at radius 1 is 1.18 bits per heavy atom. The topological polar surface area (TPSA) is 113 Å². The highest BCUT2D eigenvalue weighted by Gasteiger charge is 2.53. The van der Waals surface area contributed by atoms with Crippen LogP contribution in [0.1, 0.15) is 50.8 Å². The van der Waals surface area contributed by atoms with Crippen molar-refractivity contribution < 1.29 is 45.8 Å². The lowest BCUT2D eigenvalue weighted by Crippen LogP contribution is -2.60. The molecule has 242 valence electrons. The van der Waals surface area contributed by atoms with Gasteiger partial charge in [0.1, 0.15) is 17.6 Å². The highest BCUT2D eigenvalue weighted by Crippen LogP contribution is 2.40. The van der Waals surface area contributed by atoms with Crippen molar-refractivity contribution in [2.24, 2.45) is 0 Å². The fourth-order valence-electron chi connectivity index (χ4n) is 6.10. The van der Waals surface area contributed by atoms with Crippen LogP contribution in [0.2, 0.25) is 0 Å². The molecule has 2 aliphatic heterocycles. The minimum atomic E-state index is -4.86. The van der Waals surface area contributed by atoms with Crippen molar-refractivity contribution >= 4 is 34.9 Å². The van der Waals surface area contributed by atoms with E-state index in [9.17, 15) is 35.9 Å². The summed E-state index contributed by atoms with van der Waals surface area (Å²) >= 11 is 5.59. The normalized spacial score (nSPS) is 25.4. The Bertz CT molecular complexity index is 1310. The van der Waals surface area contributed by atoms with Gasteiger partial charge in [-0.05, 0) is 57.8 Å². The van der Waals surface area contributed by atoms with Crippen LogP contribution in [0.3, 0.4) is 0 Å². The Morgan fingerprint density at radius 3 is 2.41 bits per heavy atom. The van der Waals surface area contributed by atoms with Crippen molar-refractivity contribution in [2.45, 2.75) is 75.6 Å². The van der Waals surface area contributed by atoms with Gasteiger partial charge >= 0.3 is 18.3 Å². The summed E-state index contributed by atoms with van der Waals surface area (Å²) in [5.74, 6) is -1.84. The number of carbonyl (C=O) groups excluding carboxylic acids is 1. The summed E-state index contributed by atoms with van der Waals surface area (Å²) in [6.07, 6.45) is -6.33. The van der Waals surface area contributed by atoms with Gasteiger partial charge in [0.2, 0.25) is 0 Å². The summed E-state index contributed by atoms with van der Waals surface area (Å²) in [7, 11) is 0. The number of hydrogen-bond donors (Lipinski definition) is 1. The van der Waals surface area contributed by atoms with Crippen LogP contribution in [0.4, 0.5) is 32.0 Å². The molecule has 1 saturated carbocycles. The van der Waals surface area contributed by atoms with E-state index in [1.807, 2.05) is 0 Å². The quantitative estimate of drug-likeness (QED) is 0.331. The predicted octanol–water partition coefficient (Wildman–Crippen LogP) is 3.65. The lowest BCUT2D eigenvalue weighted by molar-refractivity contribution is -0.199. The molecule has 1 atom stereocenters.